The van der Waals surface area contributed by atoms with Crippen LogP contribution in [0.2, 0.25) is 0 Å². The van der Waals surface area contributed by atoms with Gasteiger partial charge in [0.2, 0.25) is 5.91 Å². The first-order valence-electron chi connectivity index (χ1n) is 4.93. The van der Waals surface area contributed by atoms with Gasteiger partial charge in [-0.1, -0.05) is 6.92 Å². The Labute approximate surface area is 85.6 Å². The van der Waals surface area contributed by atoms with E-state index in [0.29, 0.717) is 0 Å². The van der Waals surface area contributed by atoms with E-state index in [1.165, 1.54) is 0 Å². The van der Waals surface area contributed by atoms with Gasteiger partial charge in [-0.05, 0) is 27.2 Å². The largest absolute Gasteiger partial charge is 0.394 e. The van der Waals surface area contributed by atoms with E-state index in [9.17, 15) is 4.79 Å². The van der Waals surface area contributed by atoms with Crippen molar-refractivity contribution >= 4 is 5.91 Å². The summed E-state index contributed by atoms with van der Waals surface area (Å²) in [5, 5.41) is 11.5. The van der Waals surface area contributed by atoms with Crippen molar-refractivity contribution in [1.29, 1.82) is 0 Å². The van der Waals surface area contributed by atoms with E-state index < -0.39 is 0 Å². The van der Waals surface area contributed by atoms with Crippen molar-refractivity contribution < 1.29 is 14.6 Å². The zero-order valence-corrected chi connectivity index (χ0v) is 9.46. The monoisotopic (exact) mass is 203 g/mol. The molecule has 84 valence electrons. The SMILES string of the molecule is CC[C@@H](CO)NC(=O)COC(C)(C)C. The second-order valence-corrected chi connectivity index (χ2v) is 4.26. The van der Waals surface area contributed by atoms with Crippen LogP contribution in [0.25, 0.3) is 0 Å². The highest BCUT2D eigenvalue weighted by molar-refractivity contribution is 5.77. The molecular weight excluding hydrogens is 182 g/mol. The lowest BCUT2D eigenvalue weighted by atomic mass is 10.2. The summed E-state index contributed by atoms with van der Waals surface area (Å²) in [5.74, 6) is -0.180. The normalized spacial score (nSPS) is 13.8. The van der Waals surface area contributed by atoms with Crippen LogP contribution in [-0.2, 0) is 9.53 Å². The van der Waals surface area contributed by atoms with Crippen molar-refractivity contribution in [2.45, 2.75) is 45.8 Å². The summed E-state index contributed by atoms with van der Waals surface area (Å²) in [4.78, 5) is 11.3. The zero-order valence-electron chi connectivity index (χ0n) is 9.46. The van der Waals surface area contributed by atoms with Crippen LogP contribution in [0.1, 0.15) is 34.1 Å². The lowest BCUT2D eigenvalue weighted by molar-refractivity contribution is -0.131. The smallest absolute Gasteiger partial charge is 0.246 e. The van der Waals surface area contributed by atoms with Crippen molar-refractivity contribution in [3.63, 3.8) is 0 Å². The fraction of sp³-hybridized carbons (Fsp3) is 0.900. The van der Waals surface area contributed by atoms with Crippen molar-refractivity contribution in [2.75, 3.05) is 13.2 Å². The maximum Gasteiger partial charge on any atom is 0.246 e. The molecule has 0 rings (SSSR count). The van der Waals surface area contributed by atoms with Crippen LogP contribution in [0.15, 0.2) is 0 Å². The minimum Gasteiger partial charge on any atom is -0.394 e. The van der Waals surface area contributed by atoms with Crippen molar-refractivity contribution in [3.05, 3.63) is 0 Å². The third kappa shape index (κ3) is 6.86. The Balaban J connectivity index is 3.75. The topological polar surface area (TPSA) is 58.6 Å². The number of hydrogen-bond acceptors (Lipinski definition) is 3. The van der Waals surface area contributed by atoms with E-state index in [0.717, 1.165) is 6.42 Å². The van der Waals surface area contributed by atoms with Gasteiger partial charge in [0.15, 0.2) is 0 Å². The van der Waals surface area contributed by atoms with Gasteiger partial charge in [0.1, 0.15) is 6.61 Å². The summed E-state index contributed by atoms with van der Waals surface area (Å²) >= 11 is 0. The van der Waals surface area contributed by atoms with Crippen molar-refractivity contribution in [2.24, 2.45) is 0 Å². The predicted octanol–water partition coefficient (Wildman–Crippen LogP) is 0.689. The van der Waals surface area contributed by atoms with Crippen LogP contribution < -0.4 is 5.32 Å². The second kappa shape index (κ2) is 5.98. The number of carbonyl (C=O) groups is 1. The first kappa shape index (κ1) is 13.4. The molecule has 1 atom stereocenters. The molecule has 0 aromatic heterocycles. The second-order valence-electron chi connectivity index (χ2n) is 4.26. The van der Waals surface area contributed by atoms with E-state index in [1.807, 2.05) is 27.7 Å². The number of amides is 1. The molecule has 0 aliphatic heterocycles. The highest BCUT2D eigenvalue weighted by Crippen LogP contribution is 2.05. The molecule has 4 nitrogen and oxygen atoms in total. The minimum atomic E-state index is -0.307. The number of aliphatic hydroxyl groups excluding tert-OH is 1. The van der Waals surface area contributed by atoms with Gasteiger partial charge in [-0.3, -0.25) is 4.79 Å². The van der Waals surface area contributed by atoms with Crippen LogP contribution in [-0.4, -0.2) is 35.9 Å². The molecule has 0 unspecified atom stereocenters. The fourth-order valence-corrected chi connectivity index (χ4v) is 0.828. The molecule has 0 aliphatic carbocycles. The van der Waals surface area contributed by atoms with Gasteiger partial charge in [0, 0.05) is 0 Å². The molecule has 2 N–H and O–H groups in total. The molecule has 14 heavy (non-hydrogen) atoms. The lowest BCUT2D eigenvalue weighted by Crippen LogP contribution is -2.40. The average molecular weight is 203 g/mol. The van der Waals surface area contributed by atoms with E-state index in [-0.39, 0.29) is 30.8 Å². The molecule has 0 fully saturated rings. The molecule has 0 radical (unpaired) electrons. The Morgan fingerprint density at radius 1 is 1.50 bits per heavy atom. The lowest BCUT2D eigenvalue weighted by Gasteiger charge is -2.20. The zero-order chi connectivity index (χ0) is 11.2. The highest BCUT2D eigenvalue weighted by Gasteiger charge is 2.14. The number of ether oxygens (including phenoxy) is 1. The summed E-state index contributed by atoms with van der Waals surface area (Å²) < 4.78 is 5.29. The predicted molar refractivity (Wildman–Crippen MR) is 55.0 cm³/mol. The summed E-state index contributed by atoms with van der Waals surface area (Å²) in [6.45, 7) is 7.60. The van der Waals surface area contributed by atoms with Crippen molar-refractivity contribution in [3.8, 4) is 0 Å². The van der Waals surface area contributed by atoms with E-state index in [4.69, 9.17) is 9.84 Å². The summed E-state index contributed by atoms with van der Waals surface area (Å²) in [6, 6.07) is -0.161. The van der Waals surface area contributed by atoms with Crippen LogP contribution in [0.4, 0.5) is 0 Å². The van der Waals surface area contributed by atoms with Crippen LogP contribution in [0.5, 0.6) is 0 Å². The van der Waals surface area contributed by atoms with Crippen LogP contribution in [0, 0.1) is 0 Å². The Morgan fingerprint density at radius 2 is 2.07 bits per heavy atom. The average Bonchev–Trinajstić information content (AvgIpc) is 2.09. The Bertz CT molecular complexity index is 171. The maximum atomic E-state index is 11.3. The van der Waals surface area contributed by atoms with Gasteiger partial charge >= 0.3 is 0 Å². The molecule has 0 heterocycles. The van der Waals surface area contributed by atoms with Crippen molar-refractivity contribution in [1.82, 2.24) is 5.32 Å². The Hall–Kier alpha value is -0.610. The highest BCUT2D eigenvalue weighted by atomic mass is 16.5. The van der Waals surface area contributed by atoms with Gasteiger partial charge in [-0.2, -0.15) is 0 Å². The molecule has 4 heteroatoms. The summed E-state index contributed by atoms with van der Waals surface area (Å²) in [6.07, 6.45) is 0.720. The molecule has 0 aliphatic rings. The molecular formula is C10H21NO3. The molecule has 0 saturated carbocycles. The Morgan fingerprint density at radius 3 is 2.43 bits per heavy atom. The number of carbonyl (C=O) groups excluding carboxylic acids is 1. The van der Waals surface area contributed by atoms with E-state index in [1.54, 1.807) is 0 Å². The first-order valence-corrected chi connectivity index (χ1v) is 4.93. The number of hydrogen-bond donors (Lipinski definition) is 2. The molecule has 0 bridgehead atoms. The van der Waals surface area contributed by atoms with Gasteiger partial charge in [0.05, 0.1) is 18.2 Å². The number of nitrogens with one attached hydrogen (secondary N) is 1. The summed E-state index contributed by atoms with van der Waals surface area (Å²) in [5.41, 5.74) is -0.307. The molecule has 0 saturated heterocycles. The van der Waals surface area contributed by atoms with Gasteiger partial charge < -0.3 is 15.2 Å². The number of aliphatic hydroxyl groups is 1. The van der Waals surface area contributed by atoms with Gasteiger partial charge in [0.25, 0.3) is 0 Å². The summed E-state index contributed by atoms with van der Waals surface area (Å²) in [7, 11) is 0. The van der Waals surface area contributed by atoms with Gasteiger partial charge in [-0.25, -0.2) is 0 Å². The quantitative estimate of drug-likeness (QED) is 0.691. The first-order chi connectivity index (χ1) is 6.39. The molecule has 0 aromatic rings. The van der Waals surface area contributed by atoms with E-state index >= 15 is 0 Å². The molecule has 1 amide bonds. The molecule has 0 spiro atoms. The van der Waals surface area contributed by atoms with Crippen LogP contribution >= 0.6 is 0 Å². The van der Waals surface area contributed by atoms with Gasteiger partial charge in [-0.15, -0.1) is 0 Å². The Kier molecular flexibility index (Phi) is 5.72. The standard InChI is InChI=1S/C10H21NO3/c1-5-8(6-12)11-9(13)7-14-10(2,3)4/h8,12H,5-7H2,1-4H3,(H,11,13)/t8-/m0/s1. The van der Waals surface area contributed by atoms with Crippen LogP contribution in [0.3, 0.4) is 0 Å². The fourth-order valence-electron chi connectivity index (χ4n) is 0.828. The maximum absolute atomic E-state index is 11.3. The van der Waals surface area contributed by atoms with E-state index in [2.05, 4.69) is 5.32 Å². The minimum absolute atomic E-state index is 0.0300. The third-order valence-corrected chi connectivity index (χ3v) is 1.71. The molecule has 0 aromatic carbocycles. The third-order valence-electron chi connectivity index (χ3n) is 1.71. The number of rotatable bonds is 5.